The number of sulfone groups is 1. The number of halogens is 1. The first-order chi connectivity index (χ1) is 11.0. The summed E-state index contributed by atoms with van der Waals surface area (Å²) >= 11 is 1.64. The van der Waals surface area contributed by atoms with Crippen LogP contribution < -0.4 is 5.32 Å². The molecule has 0 aliphatic carbocycles. The molecule has 9 heteroatoms. The number of guanidine groups is 1. The van der Waals surface area contributed by atoms with E-state index in [0.717, 1.165) is 23.2 Å². The van der Waals surface area contributed by atoms with Crippen molar-refractivity contribution in [2.75, 3.05) is 32.1 Å². The van der Waals surface area contributed by atoms with Crippen LogP contribution in [0.5, 0.6) is 0 Å². The number of hydrogen-bond acceptors (Lipinski definition) is 5. The molecule has 1 rings (SSSR count). The van der Waals surface area contributed by atoms with Gasteiger partial charge in [-0.3, -0.25) is 4.99 Å². The minimum absolute atomic E-state index is 0. The first-order valence-electron chi connectivity index (χ1n) is 8.10. The summed E-state index contributed by atoms with van der Waals surface area (Å²) in [6.45, 7) is 10.2. The molecule has 0 aromatic carbocycles. The van der Waals surface area contributed by atoms with Crippen molar-refractivity contribution in [2.24, 2.45) is 10.4 Å². The van der Waals surface area contributed by atoms with E-state index in [-0.39, 0.29) is 35.1 Å². The second-order valence-corrected chi connectivity index (χ2v) is 10.3. The topological polar surface area (TPSA) is 74.7 Å². The molecule has 0 bridgehead atoms. The molecule has 1 heterocycles. The van der Waals surface area contributed by atoms with Crippen LogP contribution in [0, 0.1) is 12.3 Å². The van der Waals surface area contributed by atoms with Crippen LogP contribution >= 0.6 is 35.3 Å². The third-order valence-corrected chi connectivity index (χ3v) is 5.34. The first-order valence-corrected chi connectivity index (χ1v) is 11.0. The molecule has 0 aliphatic rings. The summed E-state index contributed by atoms with van der Waals surface area (Å²) in [5, 5.41) is 6.41. The van der Waals surface area contributed by atoms with Crippen molar-refractivity contribution in [3.05, 3.63) is 16.1 Å². The van der Waals surface area contributed by atoms with E-state index < -0.39 is 9.84 Å². The second-order valence-electron chi connectivity index (χ2n) is 6.93. The molecule has 0 radical (unpaired) electrons. The van der Waals surface area contributed by atoms with Gasteiger partial charge >= 0.3 is 0 Å². The minimum atomic E-state index is -2.94. The molecular weight excluding hydrogens is 471 g/mol. The third kappa shape index (κ3) is 10.3. The Kier molecular flexibility index (Phi) is 10.5. The highest BCUT2D eigenvalue weighted by Crippen LogP contribution is 2.21. The summed E-state index contributed by atoms with van der Waals surface area (Å²) in [7, 11) is -0.957. The number of hydrogen-bond donors (Lipinski definition) is 1. The zero-order valence-corrected chi connectivity index (χ0v) is 20.0. The van der Waals surface area contributed by atoms with E-state index in [1.807, 2.05) is 25.8 Å². The standard InChI is InChI=1S/C16H30N4O2S2.HI/c1-7-17-15(20(5)10-14-11-23-13(2)19-14)18-12-16(3,4)8-9-24(6,21)22;/h11H,7-10,12H2,1-6H3,(H,17,18);1H. The zero-order chi connectivity index (χ0) is 18.4. The summed E-state index contributed by atoms with van der Waals surface area (Å²) in [5.74, 6) is 1.01. The number of aliphatic imine (C=N–C) groups is 1. The number of thiazole rings is 1. The van der Waals surface area contributed by atoms with Crippen molar-refractivity contribution >= 4 is 51.1 Å². The molecule has 0 saturated heterocycles. The normalized spacial score (nSPS) is 12.6. The van der Waals surface area contributed by atoms with Crippen molar-refractivity contribution < 1.29 is 8.42 Å². The Morgan fingerprint density at radius 1 is 1.44 bits per heavy atom. The maximum Gasteiger partial charge on any atom is 0.194 e. The predicted octanol–water partition coefficient (Wildman–Crippen LogP) is 2.93. The quantitative estimate of drug-likeness (QED) is 0.336. The maximum atomic E-state index is 11.4. The van der Waals surface area contributed by atoms with Crippen LogP contribution in [0.1, 0.15) is 37.9 Å². The van der Waals surface area contributed by atoms with Gasteiger partial charge in [-0.05, 0) is 25.7 Å². The summed E-state index contributed by atoms with van der Waals surface area (Å²) in [5.41, 5.74) is 0.865. The van der Waals surface area contributed by atoms with Crippen LogP contribution in [-0.4, -0.2) is 56.4 Å². The number of aromatic nitrogens is 1. The van der Waals surface area contributed by atoms with Crippen LogP contribution in [-0.2, 0) is 16.4 Å². The highest BCUT2D eigenvalue weighted by atomic mass is 127. The average Bonchev–Trinajstić information content (AvgIpc) is 2.86. The number of nitrogens with one attached hydrogen (secondary N) is 1. The Morgan fingerprint density at radius 3 is 2.56 bits per heavy atom. The fourth-order valence-electron chi connectivity index (χ4n) is 2.10. The molecule has 0 atom stereocenters. The van der Waals surface area contributed by atoms with Gasteiger partial charge in [-0.1, -0.05) is 13.8 Å². The smallest absolute Gasteiger partial charge is 0.194 e. The van der Waals surface area contributed by atoms with Gasteiger partial charge in [-0.2, -0.15) is 0 Å². The van der Waals surface area contributed by atoms with Gasteiger partial charge in [-0.15, -0.1) is 35.3 Å². The Hall–Kier alpha value is -0.420. The lowest BCUT2D eigenvalue weighted by Crippen LogP contribution is -2.39. The van der Waals surface area contributed by atoms with E-state index in [2.05, 4.69) is 29.5 Å². The van der Waals surface area contributed by atoms with Gasteiger partial charge < -0.3 is 10.2 Å². The fourth-order valence-corrected chi connectivity index (χ4v) is 3.63. The van der Waals surface area contributed by atoms with Crippen LogP contribution in [0.3, 0.4) is 0 Å². The zero-order valence-electron chi connectivity index (χ0n) is 16.0. The molecule has 6 nitrogen and oxygen atoms in total. The Bertz CT molecular complexity index is 657. The molecule has 0 aliphatic heterocycles. The lowest BCUT2D eigenvalue weighted by molar-refractivity contribution is 0.361. The van der Waals surface area contributed by atoms with Crippen LogP contribution in [0.25, 0.3) is 0 Å². The summed E-state index contributed by atoms with van der Waals surface area (Å²) < 4.78 is 22.7. The molecule has 0 unspecified atom stereocenters. The van der Waals surface area contributed by atoms with Crippen molar-refractivity contribution in [1.82, 2.24) is 15.2 Å². The van der Waals surface area contributed by atoms with Gasteiger partial charge in [0.25, 0.3) is 0 Å². The van der Waals surface area contributed by atoms with Crippen molar-refractivity contribution in [1.29, 1.82) is 0 Å². The van der Waals surface area contributed by atoms with Gasteiger partial charge in [0.1, 0.15) is 9.84 Å². The molecule has 1 aromatic rings. The minimum Gasteiger partial charge on any atom is -0.357 e. The van der Waals surface area contributed by atoms with E-state index in [4.69, 9.17) is 4.99 Å². The average molecular weight is 502 g/mol. The lowest BCUT2D eigenvalue weighted by Gasteiger charge is -2.25. The molecule has 0 fully saturated rings. The van der Waals surface area contributed by atoms with Gasteiger partial charge in [0.05, 0.1) is 23.0 Å². The van der Waals surface area contributed by atoms with Crippen LogP contribution in [0.2, 0.25) is 0 Å². The third-order valence-electron chi connectivity index (χ3n) is 3.57. The van der Waals surface area contributed by atoms with E-state index in [1.165, 1.54) is 6.26 Å². The number of rotatable bonds is 8. The first kappa shape index (κ1) is 24.6. The van der Waals surface area contributed by atoms with Crippen LogP contribution in [0.15, 0.2) is 10.4 Å². The molecule has 1 N–H and O–H groups in total. The molecule has 25 heavy (non-hydrogen) atoms. The molecule has 1 aromatic heterocycles. The number of aryl methyl sites for hydroxylation is 1. The Labute approximate surface area is 173 Å². The predicted molar refractivity (Wildman–Crippen MR) is 118 cm³/mol. The van der Waals surface area contributed by atoms with Gasteiger partial charge in [0.2, 0.25) is 0 Å². The fraction of sp³-hybridized carbons (Fsp3) is 0.750. The summed E-state index contributed by atoms with van der Waals surface area (Å²) in [6, 6.07) is 0. The Morgan fingerprint density at radius 2 is 2.08 bits per heavy atom. The SMILES string of the molecule is CCNC(=NCC(C)(C)CCS(C)(=O)=O)N(C)Cc1csc(C)n1.I. The second kappa shape index (κ2) is 10.7. The summed E-state index contributed by atoms with van der Waals surface area (Å²) in [4.78, 5) is 11.2. The lowest BCUT2D eigenvalue weighted by atomic mass is 9.90. The highest BCUT2D eigenvalue weighted by Gasteiger charge is 2.20. The monoisotopic (exact) mass is 502 g/mol. The Balaban J connectivity index is 0.00000576. The van der Waals surface area contributed by atoms with Gasteiger partial charge in [0, 0.05) is 31.8 Å². The maximum absolute atomic E-state index is 11.4. The van der Waals surface area contributed by atoms with E-state index >= 15 is 0 Å². The number of nitrogens with zero attached hydrogens (tertiary/aromatic N) is 3. The van der Waals surface area contributed by atoms with Crippen molar-refractivity contribution in [2.45, 2.75) is 40.7 Å². The molecule has 0 saturated carbocycles. The largest absolute Gasteiger partial charge is 0.357 e. The molecular formula is C16H31IN4O2S2. The van der Waals surface area contributed by atoms with E-state index in [1.54, 1.807) is 11.3 Å². The van der Waals surface area contributed by atoms with E-state index in [0.29, 0.717) is 19.5 Å². The van der Waals surface area contributed by atoms with Crippen LogP contribution in [0.4, 0.5) is 0 Å². The summed E-state index contributed by atoms with van der Waals surface area (Å²) in [6.07, 6.45) is 1.88. The van der Waals surface area contributed by atoms with Crippen molar-refractivity contribution in [3.8, 4) is 0 Å². The van der Waals surface area contributed by atoms with Crippen molar-refractivity contribution in [3.63, 3.8) is 0 Å². The highest BCUT2D eigenvalue weighted by molar-refractivity contribution is 14.0. The molecule has 146 valence electrons. The van der Waals surface area contributed by atoms with Gasteiger partial charge in [-0.25, -0.2) is 13.4 Å². The van der Waals surface area contributed by atoms with E-state index in [9.17, 15) is 8.42 Å². The molecule has 0 amide bonds. The van der Waals surface area contributed by atoms with Gasteiger partial charge in [0.15, 0.2) is 5.96 Å². The molecule has 0 spiro atoms.